The minimum Gasteiger partial charge on any atom is -0.465 e. The summed E-state index contributed by atoms with van der Waals surface area (Å²) in [7, 11) is 0. The molecule has 0 aliphatic carbocycles. The smallest absolute Gasteiger partial charge is 0.407 e. The number of hydrogen-bond acceptors (Lipinski definition) is 3. The molecule has 6 heteroatoms. The van der Waals surface area contributed by atoms with E-state index in [1.807, 2.05) is 30.5 Å². The fourth-order valence-electron chi connectivity index (χ4n) is 2.58. The molecule has 1 atom stereocenters. The van der Waals surface area contributed by atoms with Crippen LogP contribution >= 0.6 is 0 Å². The largest absolute Gasteiger partial charge is 0.465 e. The van der Waals surface area contributed by atoms with Gasteiger partial charge in [0.2, 0.25) is 0 Å². The minimum atomic E-state index is -0.946. The number of hydroxylamine groups is 2. The van der Waals surface area contributed by atoms with Crippen molar-refractivity contribution in [2.24, 2.45) is 0 Å². The zero-order chi connectivity index (χ0) is 13.4. The van der Waals surface area contributed by atoms with E-state index in [0.29, 0.717) is 13.1 Å². The van der Waals surface area contributed by atoms with Gasteiger partial charge in [0.05, 0.1) is 6.04 Å². The molecule has 1 fully saturated rings. The number of benzene rings is 1. The quantitative estimate of drug-likeness (QED) is 0.732. The number of amides is 1. The van der Waals surface area contributed by atoms with Crippen LogP contribution in [0.25, 0.3) is 10.9 Å². The lowest BCUT2D eigenvalue weighted by Crippen LogP contribution is -2.48. The number of fused-ring (bicyclic) bond motifs is 1. The third-order valence-corrected chi connectivity index (χ3v) is 3.60. The highest BCUT2D eigenvalue weighted by Crippen LogP contribution is 2.29. The summed E-state index contributed by atoms with van der Waals surface area (Å²) in [5.41, 5.74) is 1.90. The molecule has 1 saturated heterocycles. The number of rotatable bonds is 1. The molecule has 1 aliphatic rings. The van der Waals surface area contributed by atoms with Gasteiger partial charge in [-0.3, -0.25) is 0 Å². The molecular formula is C13H15N3O3. The Kier molecular flexibility index (Phi) is 2.88. The first-order valence-electron chi connectivity index (χ1n) is 6.16. The predicted octanol–water partition coefficient (Wildman–Crippen LogP) is 1.89. The summed E-state index contributed by atoms with van der Waals surface area (Å²) in [4.78, 5) is 15.5. The third-order valence-electron chi connectivity index (χ3n) is 3.60. The lowest BCUT2D eigenvalue weighted by molar-refractivity contribution is -0.153. The molecule has 0 radical (unpaired) electrons. The summed E-state index contributed by atoms with van der Waals surface area (Å²) in [6, 6.07) is 7.46. The van der Waals surface area contributed by atoms with Crippen molar-refractivity contribution in [3.05, 3.63) is 36.0 Å². The molecule has 100 valence electrons. The van der Waals surface area contributed by atoms with Gasteiger partial charge in [-0.15, -0.1) is 0 Å². The van der Waals surface area contributed by atoms with Gasteiger partial charge in [0.25, 0.3) is 0 Å². The Balaban J connectivity index is 1.97. The van der Waals surface area contributed by atoms with Crippen molar-refractivity contribution in [2.75, 3.05) is 19.6 Å². The first-order valence-corrected chi connectivity index (χ1v) is 6.16. The highest BCUT2D eigenvalue weighted by molar-refractivity contribution is 5.83. The number of carboxylic acid groups (broad SMARTS) is 1. The van der Waals surface area contributed by atoms with Crippen LogP contribution in [0.2, 0.25) is 0 Å². The molecule has 1 amide bonds. The number of aromatic nitrogens is 1. The zero-order valence-electron chi connectivity index (χ0n) is 10.3. The van der Waals surface area contributed by atoms with Gasteiger partial charge in [-0.2, -0.15) is 5.06 Å². The molecule has 2 heterocycles. The van der Waals surface area contributed by atoms with E-state index >= 15 is 0 Å². The zero-order valence-corrected chi connectivity index (χ0v) is 10.3. The number of piperazine rings is 1. The normalized spacial score (nSPS) is 20.9. The molecule has 6 nitrogen and oxygen atoms in total. The lowest BCUT2D eigenvalue weighted by Gasteiger charge is -2.36. The summed E-state index contributed by atoms with van der Waals surface area (Å²) in [5.74, 6) is 0. The maximum absolute atomic E-state index is 11.1. The van der Waals surface area contributed by atoms with Crippen LogP contribution in [0, 0.1) is 0 Å². The Morgan fingerprint density at radius 3 is 2.89 bits per heavy atom. The molecule has 19 heavy (non-hydrogen) atoms. The monoisotopic (exact) mass is 261 g/mol. The van der Waals surface area contributed by atoms with Crippen molar-refractivity contribution < 1.29 is 15.1 Å². The third kappa shape index (κ3) is 2.05. The standard InChI is InChI=1S/C13H15N3O3/c17-13(18)15-5-6-16(19)12(8-15)10-7-14-11-4-2-1-3-9(10)11/h1-4,7,12,14,19H,5-6,8H2,(H,17,18). The molecule has 3 N–H and O–H groups in total. The van der Waals surface area contributed by atoms with Gasteiger partial charge in [0.1, 0.15) is 0 Å². The fraction of sp³-hybridized carbons (Fsp3) is 0.308. The molecule has 1 aromatic carbocycles. The second-order valence-corrected chi connectivity index (χ2v) is 4.70. The second-order valence-electron chi connectivity index (χ2n) is 4.70. The number of nitrogens with one attached hydrogen (secondary N) is 1. The fourth-order valence-corrected chi connectivity index (χ4v) is 2.58. The van der Waals surface area contributed by atoms with Gasteiger partial charge in [-0.05, 0) is 11.6 Å². The molecule has 0 bridgehead atoms. The molecule has 1 aromatic heterocycles. The van der Waals surface area contributed by atoms with E-state index in [1.54, 1.807) is 0 Å². The number of carbonyl (C=O) groups is 1. The van der Waals surface area contributed by atoms with Crippen LogP contribution in [0.3, 0.4) is 0 Å². The van der Waals surface area contributed by atoms with Crippen molar-refractivity contribution in [1.82, 2.24) is 14.9 Å². The van der Waals surface area contributed by atoms with Crippen LogP contribution in [0.4, 0.5) is 4.79 Å². The molecule has 1 aliphatic heterocycles. The average Bonchev–Trinajstić information content (AvgIpc) is 2.83. The van der Waals surface area contributed by atoms with E-state index in [-0.39, 0.29) is 12.6 Å². The Bertz CT molecular complexity index is 610. The van der Waals surface area contributed by atoms with Crippen LogP contribution in [0.1, 0.15) is 11.6 Å². The number of H-pyrrole nitrogens is 1. The van der Waals surface area contributed by atoms with E-state index in [0.717, 1.165) is 16.5 Å². The second kappa shape index (κ2) is 4.56. The first-order chi connectivity index (χ1) is 9.16. The van der Waals surface area contributed by atoms with Crippen LogP contribution < -0.4 is 0 Å². The molecular weight excluding hydrogens is 246 g/mol. The van der Waals surface area contributed by atoms with Crippen molar-refractivity contribution >= 4 is 17.0 Å². The minimum absolute atomic E-state index is 0.272. The average molecular weight is 261 g/mol. The highest BCUT2D eigenvalue weighted by atomic mass is 16.5. The van der Waals surface area contributed by atoms with Crippen molar-refractivity contribution in [3.8, 4) is 0 Å². The number of nitrogens with zero attached hydrogens (tertiary/aromatic N) is 2. The van der Waals surface area contributed by atoms with Crippen LogP contribution in [-0.2, 0) is 0 Å². The Morgan fingerprint density at radius 2 is 2.11 bits per heavy atom. The van der Waals surface area contributed by atoms with Gasteiger partial charge < -0.3 is 20.2 Å². The van der Waals surface area contributed by atoms with Crippen molar-refractivity contribution in [2.45, 2.75) is 6.04 Å². The Morgan fingerprint density at radius 1 is 1.32 bits per heavy atom. The van der Waals surface area contributed by atoms with E-state index in [2.05, 4.69) is 4.98 Å². The number of hydrogen-bond donors (Lipinski definition) is 3. The van der Waals surface area contributed by atoms with Crippen LogP contribution in [0.5, 0.6) is 0 Å². The summed E-state index contributed by atoms with van der Waals surface area (Å²) in [6.07, 6.45) is 0.891. The summed E-state index contributed by atoms with van der Waals surface area (Å²) in [6.45, 7) is 0.912. The molecule has 2 aromatic rings. The summed E-state index contributed by atoms with van der Waals surface area (Å²) < 4.78 is 0. The van der Waals surface area contributed by atoms with Crippen LogP contribution in [0.15, 0.2) is 30.5 Å². The molecule has 3 rings (SSSR count). The summed E-state index contributed by atoms with van der Waals surface area (Å²) in [5, 5.41) is 21.3. The van der Waals surface area contributed by atoms with E-state index in [9.17, 15) is 10.0 Å². The topological polar surface area (TPSA) is 79.8 Å². The Hall–Kier alpha value is -2.05. The van der Waals surface area contributed by atoms with E-state index in [4.69, 9.17) is 5.11 Å². The van der Waals surface area contributed by atoms with Crippen molar-refractivity contribution in [3.63, 3.8) is 0 Å². The highest BCUT2D eigenvalue weighted by Gasteiger charge is 2.31. The summed E-state index contributed by atoms with van der Waals surface area (Å²) >= 11 is 0. The molecule has 1 unspecified atom stereocenters. The predicted molar refractivity (Wildman–Crippen MR) is 69.1 cm³/mol. The Labute approximate surface area is 109 Å². The number of aromatic amines is 1. The van der Waals surface area contributed by atoms with Gasteiger partial charge >= 0.3 is 6.09 Å². The van der Waals surface area contributed by atoms with Crippen LogP contribution in [-0.4, -0.2) is 51.0 Å². The van der Waals surface area contributed by atoms with Crippen molar-refractivity contribution in [1.29, 1.82) is 0 Å². The molecule has 0 saturated carbocycles. The maximum Gasteiger partial charge on any atom is 0.407 e. The lowest BCUT2D eigenvalue weighted by atomic mass is 10.0. The van der Waals surface area contributed by atoms with Gasteiger partial charge in [0, 0.05) is 36.7 Å². The molecule has 0 spiro atoms. The van der Waals surface area contributed by atoms with E-state index < -0.39 is 6.09 Å². The SMILES string of the molecule is O=C(O)N1CCN(O)C(c2c[nH]c3ccccc23)C1. The first kappa shape index (κ1) is 12.0. The maximum atomic E-state index is 11.1. The van der Waals surface area contributed by atoms with E-state index in [1.165, 1.54) is 9.96 Å². The van der Waals surface area contributed by atoms with Gasteiger partial charge in [-0.25, -0.2) is 4.79 Å². The number of para-hydroxylation sites is 1. The van der Waals surface area contributed by atoms with Gasteiger partial charge in [-0.1, -0.05) is 18.2 Å². The van der Waals surface area contributed by atoms with Gasteiger partial charge in [0.15, 0.2) is 0 Å².